The van der Waals surface area contributed by atoms with Crippen LogP contribution in [-0.4, -0.2) is 43.1 Å². The van der Waals surface area contributed by atoms with E-state index in [2.05, 4.69) is 56.7 Å². The Morgan fingerprint density at radius 1 is 1.35 bits per heavy atom. The van der Waals surface area contributed by atoms with Crippen LogP contribution in [0.3, 0.4) is 0 Å². The first-order valence-corrected chi connectivity index (χ1v) is 12.0. The van der Waals surface area contributed by atoms with E-state index >= 15 is 0 Å². The minimum Gasteiger partial charge on any atom is -0.462 e. The molecule has 2 heterocycles. The fraction of sp³-hybridized carbons (Fsp3) is 0.455. The van der Waals surface area contributed by atoms with Crippen LogP contribution in [0.4, 0.5) is 5.95 Å². The van der Waals surface area contributed by atoms with Crippen LogP contribution in [0.2, 0.25) is 0 Å². The SMILES string of the molecule is CC(C)CNc1nc2c(ncn2[C@@H]2C[C@H](COC(=O)c3ccccc3)[C@H]2CI)c(=O)[nH]1. The van der Waals surface area contributed by atoms with Crippen LogP contribution in [0.1, 0.15) is 36.7 Å². The molecule has 0 unspecified atom stereocenters. The van der Waals surface area contributed by atoms with Crippen molar-refractivity contribution in [2.75, 3.05) is 22.9 Å². The van der Waals surface area contributed by atoms with Gasteiger partial charge in [-0.2, -0.15) is 4.98 Å². The number of nitrogens with one attached hydrogen (secondary N) is 2. The Labute approximate surface area is 194 Å². The van der Waals surface area contributed by atoms with Crippen LogP contribution in [0, 0.1) is 17.8 Å². The Bertz CT molecular complexity index is 1110. The van der Waals surface area contributed by atoms with E-state index < -0.39 is 0 Å². The molecule has 1 aliphatic rings. The fourth-order valence-corrected chi connectivity index (χ4v) is 5.22. The van der Waals surface area contributed by atoms with Gasteiger partial charge in [0.05, 0.1) is 18.5 Å². The second-order valence-corrected chi connectivity index (χ2v) is 9.24. The molecule has 0 amide bonds. The zero-order chi connectivity index (χ0) is 22.0. The van der Waals surface area contributed by atoms with Crippen molar-refractivity contribution in [2.45, 2.75) is 26.3 Å². The standard InChI is InChI=1S/C22H26IN5O3/c1-13(2)10-24-22-26-19-18(20(29)27-22)25-12-28(19)17-8-15(16(17)9-23)11-31-21(30)14-6-4-3-5-7-14/h3-7,12-13,15-17H,8-11H2,1-2H3,(H2,24,26,27,29)/t15-,16-,17-/m1/s1. The molecular formula is C22H26IN5O3. The van der Waals surface area contributed by atoms with E-state index in [4.69, 9.17) is 4.74 Å². The molecule has 0 saturated heterocycles. The number of benzene rings is 1. The summed E-state index contributed by atoms with van der Waals surface area (Å²) in [6, 6.07) is 9.22. The minimum atomic E-state index is -0.293. The molecule has 0 radical (unpaired) electrons. The summed E-state index contributed by atoms with van der Waals surface area (Å²) < 4.78 is 8.48. The van der Waals surface area contributed by atoms with Gasteiger partial charge in [-0.25, -0.2) is 9.78 Å². The number of ether oxygens (including phenoxy) is 1. The van der Waals surface area contributed by atoms with Crippen molar-refractivity contribution >= 4 is 45.7 Å². The molecule has 0 aliphatic heterocycles. The van der Waals surface area contributed by atoms with E-state index in [1.165, 1.54) is 0 Å². The zero-order valence-electron chi connectivity index (χ0n) is 17.5. The number of hydrogen-bond acceptors (Lipinski definition) is 6. The number of halogens is 1. The van der Waals surface area contributed by atoms with E-state index in [1.54, 1.807) is 18.5 Å². The molecule has 164 valence electrons. The molecule has 2 aromatic heterocycles. The fourth-order valence-electron chi connectivity index (χ4n) is 3.91. The van der Waals surface area contributed by atoms with Gasteiger partial charge >= 0.3 is 5.97 Å². The van der Waals surface area contributed by atoms with Gasteiger partial charge in [-0.05, 0) is 30.4 Å². The first-order valence-electron chi connectivity index (χ1n) is 10.5. The third-order valence-corrected chi connectivity index (χ3v) is 6.74. The van der Waals surface area contributed by atoms with Crippen molar-refractivity contribution in [2.24, 2.45) is 17.8 Å². The van der Waals surface area contributed by atoms with Gasteiger partial charge in [-0.1, -0.05) is 54.6 Å². The maximum absolute atomic E-state index is 12.4. The maximum atomic E-state index is 12.4. The van der Waals surface area contributed by atoms with Gasteiger partial charge in [0, 0.05) is 22.9 Å². The van der Waals surface area contributed by atoms with Crippen molar-refractivity contribution in [3.05, 3.63) is 52.6 Å². The Morgan fingerprint density at radius 3 is 2.84 bits per heavy atom. The zero-order valence-corrected chi connectivity index (χ0v) is 19.7. The third kappa shape index (κ3) is 4.60. The summed E-state index contributed by atoms with van der Waals surface area (Å²) in [5, 5.41) is 3.18. The average molecular weight is 535 g/mol. The molecule has 1 fully saturated rings. The van der Waals surface area contributed by atoms with Crippen LogP contribution in [0.5, 0.6) is 0 Å². The number of fused-ring (bicyclic) bond motifs is 1. The predicted octanol–water partition coefficient (Wildman–Crippen LogP) is 3.66. The number of nitrogens with zero attached hydrogens (tertiary/aromatic N) is 3. The van der Waals surface area contributed by atoms with Gasteiger partial charge in [-0.3, -0.25) is 9.78 Å². The number of alkyl halides is 1. The third-order valence-electron chi connectivity index (χ3n) is 5.73. The number of esters is 1. The molecule has 31 heavy (non-hydrogen) atoms. The summed E-state index contributed by atoms with van der Waals surface area (Å²) in [6.07, 6.45) is 2.56. The topological polar surface area (TPSA) is 102 Å². The lowest BCUT2D eigenvalue weighted by molar-refractivity contribution is 0.00982. The van der Waals surface area contributed by atoms with Gasteiger partial charge in [0.2, 0.25) is 5.95 Å². The lowest BCUT2D eigenvalue weighted by atomic mass is 9.70. The largest absolute Gasteiger partial charge is 0.462 e. The Kier molecular flexibility index (Phi) is 6.59. The second-order valence-electron chi connectivity index (χ2n) is 8.36. The molecule has 0 spiro atoms. The van der Waals surface area contributed by atoms with Crippen LogP contribution in [0.15, 0.2) is 41.5 Å². The number of aromatic nitrogens is 4. The smallest absolute Gasteiger partial charge is 0.338 e. The summed E-state index contributed by atoms with van der Waals surface area (Å²) >= 11 is 2.37. The van der Waals surface area contributed by atoms with Crippen molar-refractivity contribution in [3.63, 3.8) is 0 Å². The van der Waals surface area contributed by atoms with Crippen molar-refractivity contribution < 1.29 is 9.53 Å². The molecule has 4 rings (SSSR count). The van der Waals surface area contributed by atoms with E-state index in [-0.39, 0.29) is 23.5 Å². The molecule has 2 N–H and O–H groups in total. The van der Waals surface area contributed by atoms with Gasteiger partial charge in [0.15, 0.2) is 11.2 Å². The lowest BCUT2D eigenvalue weighted by Crippen LogP contribution is -2.42. The molecule has 8 nitrogen and oxygen atoms in total. The number of H-pyrrole nitrogens is 1. The molecule has 9 heteroatoms. The van der Waals surface area contributed by atoms with Gasteiger partial charge in [0.25, 0.3) is 5.56 Å². The van der Waals surface area contributed by atoms with E-state index in [1.807, 2.05) is 22.8 Å². The highest BCUT2D eigenvalue weighted by Crippen LogP contribution is 2.46. The number of hydrogen-bond donors (Lipinski definition) is 2. The van der Waals surface area contributed by atoms with Gasteiger partial charge in [0.1, 0.15) is 0 Å². The average Bonchev–Trinajstić information content (AvgIpc) is 3.16. The Balaban J connectivity index is 1.47. The van der Waals surface area contributed by atoms with Crippen molar-refractivity contribution in [3.8, 4) is 0 Å². The number of rotatable bonds is 8. The number of aromatic amines is 1. The Morgan fingerprint density at radius 2 is 2.13 bits per heavy atom. The molecule has 1 aromatic carbocycles. The minimum absolute atomic E-state index is 0.176. The van der Waals surface area contributed by atoms with Crippen molar-refractivity contribution in [1.29, 1.82) is 0 Å². The van der Waals surface area contributed by atoms with Gasteiger partial charge in [-0.15, -0.1) is 0 Å². The molecular weight excluding hydrogens is 509 g/mol. The van der Waals surface area contributed by atoms with E-state index in [0.29, 0.717) is 41.1 Å². The number of anilines is 1. The molecule has 1 saturated carbocycles. The molecule has 0 bridgehead atoms. The van der Waals surface area contributed by atoms with Crippen LogP contribution < -0.4 is 10.9 Å². The van der Waals surface area contributed by atoms with E-state index in [9.17, 15) is 9.59 Å². The first kappa shape index (κ1) is 21.8. The molecule has 3 atom stereocenters. The predicted molar refractivity (Wildman–Crippen MR) is 128 cm³/mol. The maximum Gasteiger partial charge on any atom is 0.338 e. The van der Waals surface area contributed by atoms with Crippen molar-refractivity contribution in [1.82, 2.24) is 19.5 Å². The summed E-state index contributed by atoms with van der Waals surface area (Å²) in [6.45, 7) is 5.30. The molecule has 1 aliphatic carbocycles. The highest BCUT2D eigenvalue weighted by molar-refractivity contribution is 14.1. The first-order chi connectivity index (χ1) is 15.0. The number of carbonyl (C=O) groups excluding carboxylic acids is 1. The van der Waals surface area contributed by atoms with Crippen LogP contribution in [0.25, 0.3) is 11.2 Å². The highest BCUT2D eigenvalue weighted by Gasteiger charge is 2.42. The summed E-state index contributed by atoms with van der Waals surface area (Å²) in [7, 11) is 0. The lowest BCUT2D eigenvalue weighted by Gasteiger charge is -2.44. The summed E-state index contributed by atoms with van der Waals surface area (Å²) in [5.41, 5.74) is 1.26. The Hall–Kier alpha value is -2.43. The van der Waals surface area contributed by atoms with Crippen LogP contribution in [-0.2, 0) is 4.74 Å². The summed E-state index contributed by atoms with van der Waals surface area (Å²) in [5.74, 6) is 1.19. The second kappa shape index (κ2) is 9.37. The van der Waals surface area contributed by atoms with E-state index in [0.717, 1.165) is 17.4 Å². The number of carbonyl (C=O) groups is 1. The molecule has 3 aromatic rings. The quantitative estimate of drug-likeness (QED) is 0.260. The number of imidazole rings is 1. The highest BCUT2D eigenvalue weighted by atomic mass is 127. The monoisotopic (exact) mass is 535 g/mol. The van der Waals surface area contributed by atoms with Crippen LogP contribution >= 0.6 is 22.6 Å². The normalized spacial score (nSPS) is 20.6. The van der Waals surface area contributed by atoms with Gasteiger partial charge < -0.3 is 14.6 Å². The summed E-state index contributed by atoms with van der Waals surface area (Å²) in [4.78, 5) is 36.4.